The van der Waals surface area contributed by atoms with E-state index in [1.54, 1.807) is 18.2 Å². The molecule has 110 valence electrons. The summed E-state index contributed by atoms with van der Waals surface area (Å²) >= 11 is 12.2. The Bertz CT molecular complexity index is 491. The van der Waals surface area contributed by atoms with Crippen LogP contribution in [0.15, 0.2) is 18.2 Å². The quantitative estimate of drug-likeness (QED) is 0.833. The summed E-state index contributed by atoms with van der Waals surface area (Å²) < 4.78 is 0. The molecule has 0 bridgehead atoms. The summed E-state index contributed by atoms with van der Waals surface area (Å²) in [5, 5.41) is 0.779. The molecule has 1 aliphatic heterocycles. The van der Waals surface area contributed by atoms with Crippen LogP contribution in [-0.2, 0) is 0 Å². The van der Waals surface area contributed by atoms with Crippen molar-refractivity contribution in [3.8, 4) is 0 Å². The highest BCUT2D eigenvalue weighted by molar-refractivity contribution is 6.43. The van der Waals surface area contributed by atoms with Crippen molar-refractivity contribution >= 4 is 29.1 Å². The zero-order valence-electron chi connectivity index (χ0n) is 11.9. The van der Waals surface area contributed by atoms with E-state index in [1.165, 1.54) is 0 Å². The topological polar surface area (TPSA) is 23.6 Å². The molecule has 1 atom stereocenters. The number of benzene rings is 1. The molecule has 20 heavy (non-hydrogen) atoms. The molecule has 0 aromatic heterocycles. The normalized spacial score (nSPS) is 20.1. The second kappa shape index (κ2) is 6.79. The van der Waals surface area contributed by atoms with Crippen LogP contribution in [0, 0.1) is 0 Å². The van der Waals surface area contributed by atoms with E-state index in [-0.39, 0.29) is 5.91 Å². The summed E-state index contributed by atoms with van der Waals surface area (Å²) in [5.41, 5.74) is 0.499. The minimum absolute atomic E-state index is 0.0220. The third-order valence-corrected chi connectivity index (χ3v) is 4.66. The summed E-state index contributed by atoms with van der Waals surface area (Å²) in [7, 11) is 4.12. The van der Waals surface area contributed by atoms with Crippen molar-refractivity contribution in [3.05, 3.63) is 33.8 Å². The fourth-order valence-electron chi connectivity index (χ4n) is 2.56. The van der Waals surface area contributed by atoms with E-state index >= 15 is 0 Å². The van der Waals surface area contributed by atoms with Gasteiger partial charge in [0.1, 0.15) is 0 Å². The number of carbonyl (C=O) groups is 1. The maximum Gasteiger partial charge on any atom is 0.255 e. The van der Waals surface area contributed by atoms with Gasteiger partial charge in [0, 0.05) is 19.1 Å². The summed E-state index contributed by atoms with van der Waals surface area (Å²) in [6.07, 6.45) is 3.31. The lowest BCUT2D eigenvalue weighted by molar-refractivity contribution is 0.0726. The molecule has 0 aliphatic carbocycles. The molecular weight excluding hydrogens is 295 g/mol. The molecular formula is C15H20Cl2N2O. The van der Waals surface area contributed by atoms with Crippen LogP contribution in [0.1, 0.15) is 29.6 Å². The van der Waals surface area contributed by atoms with Gasteiger partial charge in [-0.05, 0) is 39.1 Å². The maximum absolute atomic E-state index is 12.7. The van der Waals surface area contributed by atoms with E-state index < -0.39 is 0 Å². The molecule has 1 heterocycles. The van der Waals surface area contributed by atoms with Crippen molar-refractivity contribution in [3.63, 3.8) is 0 Å². The lowest BCUT2D eigenvalue weighted by Gasteiger charge is -2.28. The van der Waals surface area contributed by atoms with Crippen LogP contribution in [0.25, 0.3) is 0 Å². The van der Waals surface area contributed by atoms with Crippen LogP contribution in [0.2, 0.25) is 10.0 Å². The van der Waals surface area contributed by atoms with Gasteiger partial charge in [-0.2, -0.15) is 0 Å². The summed E-state index contributed by atoms with van der Waals surface area (Å²) in [4.78, 5) is 16.7. The van der Waals surface area contributed by atoms with Gasteiger partial charge in [0.05, 0.1) is 15.6 Å². The number of halogens is 2. The molecule has 1 aliphatic rings. The highest BCUT2D eigenvalue weighted by Gasteiger charge is 2.25. The predicted molar refractivity (Wildman–Crippen MR) is 83.7 cm³/mol. The highest BCUT2D eigenvalue weighted by Crippen LogP contribution is 2.27. The molecule has 0 radical (unpaired) electrons. The van der Waals surface area contributed by atoms with Crippen LogP contribution in [0.3, 0.4) is 0 Å². The van der Waals surface area contributed by atoms with Gasteiger partial charge >= 0.3 is 0 Å². The first-order chi connectivity index (χ1) is 9.50. The van der Waals surface area contributed by atoms with E-state index in [1.807, 2.05) is 4.90 Å². The molecule has 1 amide bonds. The second-order valence-electron chi connectivity index (χ2n) is 5.47. The first kappa shape index (κ1) is 15.6. The number of hydrogen-bond acceptors (Lipinski definition) is 2. The third kappa shape index (κ3) is 3.46. The second-order valence-corrected chi connectivity index (χ2v) is 6.25. The Kier molecular flexibility index (Phi) is 5.30. The van der Waals surface area contributed by atoms with Gasteiger partial charge in [0.15, 0.2) is 0 Å². The molecule has 2 rings (SSSR count). The Morgan fingerprint density at radius 3 is 2.75 bits per heavy atom. The lowest BCUT2D eigenvalue weighted by atomic mass is 10.1. The number of nitrogens with zero attached hydrogens (tertiary/aromatic N) is 2. The highest BCUT2D eigenvalue weighted by atomic mass is 35.5. The van der Waals surface area contributed by atoms with Crippen LogP contribution in [0.5, 0.6) is 0 Å². The third-order valence-electron chi connectivity index (χ3n) is 3.85. The number of likely N-dealkylation sites (tertiary alicyclic amines) is 1. The van der Waals surface area contributed by atoms with Gasteiger partial charge in [-0.1, -0.05) is 35.7 Å². The van der Waals surface area contributed by atoms with Crippen molar-refractivity contribution in [2.45, 2.75) is 25.3 Å². The van der Waals surface area contributed by atoms with Crippen molar-refractivity contribution in [2.24, 2.45) is 0 Å². The van der Waals surface area contributed by atoms with Crippen LogP contribution in [-0.4, -0.2) is 48.9 Å². The molecule has 1 aromatic carbocycles. The minimum Gasteiger partial charge on any atom is -0.337 e. The Balaban J connectivity index is 2.20. The molecule has 0 N–H and O–H groups in total. The minimum atomic E-state index is -0.0220. The SMILES string of the molecule is CN(C)[C@H]1CCCCN(C(=O)c2cccc(Cl)c2Cl)C1. The van der Waals surface area contributed by atoms with Crippen LogP contribution in [0.4, 0.5) is 0 Å². The Morgan fingerprint density at radius 2 is 2.05 bits per heavy atom. The number of rotatable bonds is 2. The molecule has 3 nitrogen and oxygen atoms in total. The molecule has 0 spiro atoms. The fourth-order valence-corrected chi connectivity index (χ4v) is 2.95. The Morgan fingerprint density at radius 1 is 1.30 bits per heavy atom. The van der Waals surface area contributed by atoms with Crippen molar-refractivity contribution < 1.29 is 4.79 Å². The van der Waals surface area contributed by atoms with Crippen LogP contribution >= 0.6 is 23.2 Å². The van der Waals surface area contributed by atoms with Gasteiger partial charge in [-0.15, -0.1) is 0 Å². The van der Waals surface area contributed by atoms with E-state index in [9.17, 15) is 4.79 Å². The first-order valence-corrected chi connectivity index (χ1v) is 7.66. The molecule has 1 saturated heterocycles. The predicted octanol–water partition coefficient (Wildman–Crippen LogP) is 3.55. The molecule has 1 aromatic rings. The first-order valence-electron chi connectivity index (χ1n) is 6.90. The number of hydrogen-bond donors (Lipinski definition) is 0. The number of amides is 1. The fraction of sp³-hybridized carbons (Fsp3) is 0.533. The monoisotopic (exact) mass is 314 g/mol. The van der Waals surface area contributed by atoms with Crippen molar-refractivity contribution in [2.75, 3.05) is 27.2 Å². The number of likely N-dealkylation sites (N-methyl/N-ethyl adjacent to an activating group) is 1. The van der Waals surface area contributed by atoms with Crippen molar-refractivity contribution in [1.82, 2.24) is 9.80 Å². The zero-order valence-corrected chi connectivity index (χ0v) is 13.4. The Labute approximate surface area is 130 Å². The molecule has 5 heteroatoms. The average Bonchev–Trinajstić information content (AvgIpc) is 2.67. The van der Waals surface area contributed by atoms with E-state index in [4.69, 9.17) is 23.2 Å². The largest absolute Gasteiger partial charge is 0.337 e. The van der Waals surface area contributed by atoms with Gasteiger partial charge in [0.2, 0.25) is 0 Å². The van der Waals surface area contributed by atoms with E-state index in [0.29, 0.717) is 21.7 Å². The van der Waals surface area contributed by atoms with Gasteiger partial charge in [-0.3, -0.25) is 4.79 Å². The van der Waals surface area contributed by atoms with Crippen LogP contribution < -0.4 is 0 Å². The summed E-state index contributed by atoms with van der Waals surface area (Å²) in [6, 6.07) is 5.61. The van der Waals surface area contributed by atoms with Gasteiger partial charge in [-0.25, -0.2) is 0 Å². The molecule has 0 unspecified atom stereocenters. The molecule has 1 fully saturated rings. The summed E-state index contributed by atoms with van der Waals surface area (Å²) in [5.74, 6) is -0.0220. The smallest absolute Gasteiger partial charge is 0.255 e. The van der Waals surface area contributed by atoms with E-state index in [0.717, 1.165) is 32.4 Å². The van der Waals surface area contributed by atoms with E-state index in [2.05, 4.69) is 19.0 Å². The molecule has 0 saturated carbocycles. The lowest BCUT2D eigenvalue weighted by Crippen LogP contribution is -2.42. The maximum atomic E-state index is 12.7. The Hall–Kier alpha value is -0.770. The van der Waals surface area contributed by atoms with Gasteiger partial charge in [0.25, 0.3) is 5.91 Å². The summed E-state index contributed by atoms with van der Waals surface area (Å²) in [6.45, 7) is 1.53. The average molecular weight is 315 g/mol. The zero-order chi connectivity index (χ0) is 14.7. The number of carbonyl (C=O) groups excluding carboxylic acids is 1. The standard InChI is InChI=1S/C15H20Cl2N2O/c1-18(2)11-6-3-4-9-19(10-11)15(20)12-7-5-8-13(16)14(12)17/h5,7-8,11H,3-4,6,9-10H2,1-2H3/t11-/m0/s1. The van der Waals surface area contributed by atoms with Crippen molar-refractivity contribution in [1.29, 1.82) is 0 Å². The van der Waals surface area contributed by atoms with Gasteiger partial charge < -0.3 is 9.80 Å².